The molecular formula is C12H17NOS. The van der Waals surface area contributed by atoms with E-state index in [0.29, 0.717) is 12.1 Å². The SMILES string of the molecule is Cc1ccc(/C=C/C2COCC(C)N2)s1. The van der Waals surface area contributed by atoms with Crippen LogP contribution < -0.4 is 5.32 Å². The normalized spacial score (nSPS) is 27.3. The fourth-order valence-corrected chi connectivity index (χ4v) is 2.49. The molecule has 2 atom stereocenters. The summed E-state index contributed by atoms with van der Waals surface area (Å²) >= 11 is 1.82. The van der Waals surface area contributed by atoms with Crippen molar-refractivity contribution in [1.82, 2.24) is 5.32 Å². The molecule has 2 heterocycles. The van der Waals surface area contributed by atoms with Gasteiger partial charge in [-0.25, -0.2) is 0 Å². The monoisotopic (exact) mass is 223 g/mol. The van der Waals surface area contributed by atoms with E-state index in [2.05, 4.69) is 43.4 Å². The Balaban J connectivity index is 1.93. The van der Waals surface area contributed by atoms with Crippen LogP contribution in [-0.2, 0) is 4.74 Å². The van der Waals surface area contributed by atoms with Crippen molar-refractivity contribution < 1.29 is 4.74 Å². The number of thiophene rings is 1. The van der Waals surface area contributed by atoms with Crippen molar-refractivity contribution in [1.29, 1.82) is 0 Å². The molecule has 1 aliphatic rings. The van der Waals surface area contributed by atoms with Gasteiger partial charge < -0.3 is 10.1 Å². The largest absolute Gasteiger partial charge is 0.378 e. The summed E-state index contributed by atoms with van der Waals surface area (Å²) in [5, 5.41) is 3.49. The van der Waals surface area contributed by atoms with Crippen molar-refractivity contribution in [3.8, 4) is 0 Å². The molecule has 0 saturated carbocycles. The molecular weight excluding hydrogens is 206 g/mol. The molecule has 2 rings (SSSR count). The van der Waals surface area contributed by atoms with Crippen LogP contribution >= 0.6 is 11.3 Å². The first-order valence-corrected chi connectivity index (χ1v) is 6.14. The minimum Gasteiger partial charge on any atom is -0.378 e. The van der Waals surface area contributed by atoms with Crippen molar-refractivity contribution >= 4 is 17.4 Å². The first-order valence-electron chi connectivity index (χ1n) is 5.32. The smallest absolute Gasteiger partial charge is 0.0656 e. The number of rotatable bonds is 2. The topological polar surface area (TPSA) is 21.3 Å². The molecule has 2 nitrogen and oxygen atoms in total. The fourth-order valence-electron chi connectivity index (χ4n) is 1.70. The lowest BCUT2D eigenvalue weighted by Crippen LogP contribution is -2.46. The summed E-state index contributed by atoms with van der Waals surface area (Å²) in [5.41, 5.74) is 0. The zero-order chi connectivity index (χ0) is 10.7. The quantitative estimate of drug-likeness (QED) is 0.831. The van der Waals surface area contributed by atoms with Crippen LogP contribution in [0.5, 0.6) is 0 Å². The molecule has 1 aliphatic heterocycles. The Kier molecular flexibility index (Phi) is 3.57. The number of aryl methyl sites for hydroxylation is 1. The molecule has 1 saturated heterocycles. The van der Waals surface area contributed by atoms with Gasteiger partial charge in [-0.3, -0.25) is 0 Å². The van der Waals surface area contributed by atoms with Gasteiger partial charge >= 0.3 is 0 Å². The van der Waals surface area contributed by atoms with E-state index in [-0.39, 0.29) is 0 Å². The Morgan fingerprint density at radius 1 is 1.47 bits per heavy atom. The third-order valence-corrected chi connectivity index (χ3v) is 3.38. The predicted octanol–water partition coefficient (Wildman–Crippen LogP) is 2.45. The number of nitrogens with one attached hydrogen (secondary N) is 1. The lowest BCUT2D eigenvalue weighted by Gasteiger charge is -2.26. The van der Waals surface area contributed by atoms with Gasteiger partial charge in [0.15, 0.2) is 0 Å². The van der Waals surface area contributed by atoms with Crippen LogP contribution in [0, 0.1) is 6.92 Å². The highest BCUT2D eigenvalue weighted by Crippen LogP contribution is 2.16. The van der Waals surface area contributed by atoms with E-state index in [1.165, 1.54) is 9.75 Å². The van der Waals surface area contributed by atoms with Gasteiger partial charge in [0.2, 0.25) is 0 Å². The molecule has 0 amide bonds. The van der Waals surface area contributed by atoms with Crippen LogP contribution in [0.25, 0.3) is 6.08 Å². The van der Waals surface area contributed by atoms with Crippen LogP contribution in [0.3, 0.4) is 0 Å². The molecule has 2 unspecified atom stereocenters. The number of hydrogen-bond donors (Lipinski definition) is 1. The summed E-state index contributed by atoms with van der Waals surface area (Å²) in [6, 6.07) is 5.12. The Hall–Kier alpha value is -0.640. The van der Waals surface area contributed by atoms with Crippen molar-refractivity contribution in [2.45, 2.75) is 25.9 Å². The van der Waals surface area contributed by atoms with Gasteiger partial charge in [0.25, 0.3) is 0 Å². The number of ether oxygens (including phenoxy) is 1. The summed E-state index contributed by atoms with van der Waals surface area (Å²) < 4.78 is 5.48. The Bertz CT molecular complexity index is 345. The molecule has 0 radical (unpaired) electrons. The first kappa shape index (κ1) is 10.9. The fraction of sp³-hybridized carbons (Fsp3) is 0.500. The average molecular weight is 223 g/mol. The highest BCUT2D eigenvalue weighted by molar-refractivity contribution is 7.12. The van der Waals surface area contributed by atoms with Crippen molar-refractivity contribution in [3.63, 3.8) is 0 Å². The van der Waals surface area contributed by atoms with Crippen LogP contribution in [0.4, 0.5) is 0 Å². The Labute approximate surface area is 95.0 Å². The van der Waals surface area contributed by atoms with E-state index < -0.39 is 0 Å². The average Bonchev–Trinajstić information content (AvgIpc) is 2.62. The number of morpholine rings is 1. The molecule has 15 heavy (non-hydrogen) atoms. The molecule has 0 bridgehead atoms. The Morgan fingerprint density at radius 2 is 2.33 bits per heavy atom. The lowest BCUT2D eigenvalue weighted by molar-refractivity contribution is 0.0637. The van der Waals surface area contributed by atoms with Crippen LogP contribution in [-0.4, -0.2) is 25.3 Å². The number of hydrogen-bond acceptors (Lipinski definition) is 3. The van der Waals surface area contributed by atoms with E-state index in [0.717, 1.165) is 13.2 Å². The summed E-state index contributed by atoms with van der Waals surface area (Å²) in [6.07, 6.45) is 4.37. The van der Waals surface area contributed by atoms with E-state index in [9.17, 15) is 0 Å². The van der Waals surface area contributed by atoms with Gasteiger partial charge in [-0.05, 0) is 32.1 Å². The third-order valence-electron chi connectivity index (χ3n) is 2.42. The van der Waals surface area contributed by atoms with Gasteiger partial charge in [-0.2, -0.15) is 0 Å². The Morgan fingerprint density at radius 3 is 3.00 bits per heavy atom. The summed E-state index contributed by atoms with van der Waals surface area (Å²) in [4.78, 5) is 2.67. The van der Waals surface area contributed by atoms with Crippen LogP contribution in [0.2, 0.25) is 0 Å². The van der Waals surface area contributed by atoms with Crippen molar-refractivity contribution in [2.75, 3.05) is 13.2 Å². The maximum atomic E-state index is 5.48. The van der Waals surface area contributed by atoms with Gasteiger partial charge in [0.05, 0.1) is 13.2 Å². The van der Waals surface area contributed by atoms with Gasteiger partial charge in [-0.1, -0.05) is 6.08 Å². The van der Waals surface area contributed by atoms with Crippen LogP contribution in [0.15, 0.2) is 18.2 Å². The van der Waals surface area contributed by atoms with E-state index in [1.54, 1.807) is 0 Å². The standard InChI is InChI=1S/C12H17NOS/c1-9-7-14-8-11(13-9)4-6-12-5-3-10(2)15-12/h3-6,9,11,13H,7-8H2,1-2H3/b6-4+. The molecule has 3 heteroatoms. The zero-order valence-corrected chi connectivity index (χ0v) is 10.0. The molecule has 1 N–H and O–H groups in total. The molecule has 1 aromatic rings. The molecule has 1 fully saturated rings. The molecule has 0 aliphatic carbocycles. The summed E-state index contributed by atoms with van der Waals surface area (Å²) in [7, 11) is 0. The minimum absolute atomic E-state index is 0.358. The van der Waals surface area contributed by atoms with E-state index in [4.69, 9.17) is 4.74 Å². The second-order valence-corrected chi connectivity index (χ2v) is 5.34. The first-order chi connectivity index (χ1) is 7.24. The van der Waals surface area contributed by atoms with Gasteiger partial charge in [0.1, 0.15) is 0 Å². The van der Waals surface area contributed by atoms with E-state index in [1.807, 2.05) is 11.3 Å². The summed E-state index contributed by atoms with van der Waals surface area (Å²) in [5.74, 6) is 0. The maximum absolute atomic E-state index is 5.48. The molecule has 82 valence electrons. The van der Waals surface area contributed by atoms with Gasteiger partial charge in [-0.15, -0.1) is 11.3 Å². The molecule has 0 aromatic carbocycles. The lowest BCUT2D eigenvalue weighted by atomic mass is 10.2. The highest BCUT2D eigenvalue weighted by atomic mass is 32.1. The second-order valence-electron chi connectivity index (χ2n) is 4.02. The zero-order valence-electron chi connectivity index (χ0n) is 9.19. The predicted molar refractivity (Wildman–Crippen MR) is 65.3 cm³/mol. The molecule has 0 spiro atoms. The third kappa shape index (κ3) is 3.16. The highest BCUT2D eigenvalue weighted by Gasteiger charge is 2.15. The second kappa shape index (κ2) is 4.92. The molecule has 1 aromatic heterocycles. The van der Waals surface area contributed by atoms with Gasteiger partial charge in [0, 0.05) is 21.8 Å². The van der Waals surface area contributed by atoms with Crippen molar-refractivity contribution in [2.24, 2.45) is 0 Å². The van der Waals surface area contributed by atoms with Crippen LogP contribution in [0.1, 0.15) is 16.7 Å². The van der Waals surface area contributed by atoms with Crippen molar-refractivity contribution in [3.05, 3.63) is 28.0 Å². The summed E-state index contributed by atoms with van der Waals surface area (Å²) in [6.45, 7) is 5.88. The minimum atomic E-state index is 0.358. The van der Waals surface area contributed by atoms with E-state index >= 15 is 0 Å². The maximum Gasteiger partial charge on any atom is 0.0656 e.